The van der Waals surface area contributed by atoms with Crippen LogP contribution >= 0.6 is 0 Å². The summed E-state index contributed by atoms with van der Waals surface area (Å²) in [4.78, 5) is 22.5. The molecule has 0 bridgehead atoms. The van der Waals surface area contributed by atoms with Crippen molar-refractivity contribution >= 4 is 17.5 Å². The number of benzene rings is 1. The van der Waals surface area contributed by atoms with Crippen molar-refractivity contribution in [2.24, 2.45) is 5.41 Å². The summed E-state index contributed by atoms with van der Waals surface area (Å²) in [5.74, 6) is -2.13. The van der Waals surface area contributed by atoms with Gasteiger partial charge in [-0.3, -0.25) is 9.59 Å². The molecule has 1 rings (SSSR count). The first-order valence-electron chi connectivity index (χ1n) is 6.96. The molecule has 0 saturated carbocycles. The van der Waals surface area contributed by atoms with Crippen molar-refractivity contribution in [3.05, 3.63) is 29.8 Å². The third-order valence-electron chi connectivity index (χ3n) is 3.18. The Morgan fingerprint density at radius 2 is 1.78 bits per heavy atom. The van der Waals surface area contributed by atoms with Crippen molar-refractivity contribution in [1.82, 2.24) is 10.6 Å². The van der Waals surface area contributed by atoms with Gasteiger partial charge in [-0.25, -0.2) is 0 Å². The maximum Gasteiger partial charge on any atom is 0.471 e. The minimum Gasteiger partial charge on any atom is -0.359 e. The van der Waals surface area contributed by atoms with Crippen LogP contribution in [0.1, 0.15) is 19.4 Å². The molecule has 8 heteroatoms. The van der Waals surface area contributed by atoms with Crippen molar-refractivity contribution in [1.29, 1.82) is 0 Å². The fourth-order valence-electron chi connectivity index (χ4n) is 1.90. The molecule has 0 aliphatic heterocycles. The maximum atomic E-state index is 12.2. The molecule has 0 unspecified atom stereocenters. The number of anilines is 1. The van der Waals surface area contributed by atoms with Crippen LogP contribution in [-0.4, -0.2) is 31.6 Å². The lowest BCUT2D eigenvalue weighted by Crippen LogP contribution is -2.41. The van der Waals surface area contributed by atoms with Gasteiger partial charge in [-0.15, -0.1) is 0 Å². The Kier molecular flexibility index (Phi) is 6.14. The van der Waals surface area contributed by atoms with Gasteiger partial charge in [0, 0.05) is 25.8 Å². The zero-order valence-corrected chi connectivity index (χ0v) is 13.2. The van der Waals surface area contributed by atoms with Gasteiger partial charge in [0.15, 0.2) is 0 Å². The molecule has 0 aromatic heterocycles. The van der Waals surface area contributed by atoms with Crippen LogP contribution in [0.2, 0.25) is 0 Å². The highest BCUT2D eigenvalue weighted by Crippen LogP contribution is 2.19. The van der Waals surface area contributed by atoms with E-state index in [2.05, 4.69) is 10.6 Å². The summed E-state index contributed by atoms with van der Waals surface area (Å²) >= 11 is 0. The number of hydrogen-bond donors (Lipinski definition) is 3. The highest BCUT2D eigenvalue weighted by Gasteiger charge is 2.38. The van der Waals surface area contributed by atoms with Gasteiger partial charge in [0.2, 0.25) is 5.91 Å². The van der Waals surface area contributed by atoms with Gasteiger partial charge in [-0.05, 0) is 31.5 Å². The summed E-state index contributed by atoms with van der Waals surface area (Å²) in [6, 6.07) is 6.08. The molecule has 0 fully saturated rings. The average Bonchev–Trinajstić information content (AvgIpc) is 2.45. The molecule has 0 atom stereocenters. The second kappa shape index (κ2) is 7.45. The second-order valence-corrected chi connectivity index (χ2v) is 5.72. The topological polar surface area (TPSA) is 70.2 Å². The maximum absolute atomic E-state index is 12.2. The Hall–Kier alpha value is -2.09. The number of halogens is 3. The van der Waals surface area contributed by atoms with Crippen molar-refractivity contribution in [3.63, 3.8) is 0 Å². The van der Waals surface area contributed by atoms with E-state index in [4.69, 9.17) is 0 Å². The molecule has 0 saturated heterocycles. The number of alkyl halides is 3. The molecule has 128 valence electrons. The number of carbonyl (C=O) groups is 2. The Morgan fingerprint density at radius 1 is 1.13 bits per heavy atom. The second-order valence-electron chi connectivity index (χ2n) is 5.72. The normalized spacial score (nSPS) is 11.9. The lowest BCUT2D eigenvalue weighted by molar-refractivity contribution is -0.167. The molecule has 0 aliphatic carbocycles. The summed E-state index contributed by atoms with van der Waals surface area (Å²) in [5.41, 5.74) is 0.145. The Morgan fingerprint density at radius 3 is 2.35 bits per heavy atom. The van der Waals surface area contributed by atoms with Crippen LogP contribution in [-0.2, 0) is 16.1 Å². The minimum absolute atomic E-state index is 0.0668. The SMILES string of the molecule is CNC(=O)C(C)(C)CNCc1cccc(NC(=O)C(F)(F)F)c1. The molecule has 1 aromatic rings. The lowest BCUT2D eigenvalue weighted by atomic mass is 9.92. The van der Waals surface area contributed by atoms with E-state index in [9.17, 15) is 22.8 Å². The molecule has 1 aromatic carbocycles. The summed E-state index contributed by atoms with van der Waals surface area (Å²) in [7, 11) is 1.55. The first-order valence-corrected chi connectivity index (χ1v) is 6.96. The molecule has 23 heavy (non-hydrogen) atoms. The van der Waals surface area contributed by atoms with E-state index in [1.807, 2.05) is 0 Å². The van der Waals surface area contributed by atoms with E-state index in [0.29, 0.717) is 18.7 Å². The first-order chi connectivity index (χ1) is 10.6. The van der Waals surface area contributed by atoms with Crippen LogP contribution in [0.4, 0.5) is 18.9 Å². The number of carbonyl (C=O) groups excluding carboxylic acids is 2. The van der Waals surface area contributed by atoms with Crippen molar-refractivity contribution in [3.8, 4) is 0 Å². The van der Waals surface area contributed by atoms with Crippen LogP contribution in [0.25, 0.3) is 0 Å². The van der Waals surface area contributed by atoms with Crippen LogP contribution in [0, 0.1) is 5.41 Å². The molecular weight excluding hydrogens is 311 g/mol. The van der Waals surface area contributed by atoms with E-state index in [1.165, 1.54) is 12.1 Å². The standard InChI is InChI=1S/C15H20F3N3O2/c1-14(2,12(22)19-3)9-20-8-10-5-4-6-11(7-10)21-13(23)15(16,17)18/h4-7,20H,8-9H2,1-3H3,(H,19,22)(H,21,23). The minimum atomic E-state index is -4.92. The van der Waals surface area contributed by atoms with Gasteiger partial charge in [0.05, 0.1) is 5.41 Å². The molecule has 3 N–H and O–H groups in total. The van der Waals surface area contributed by atoms with Crippen LogP contribution < -0.4 is 16.0 Å². The van der Waals surface area contributed by atoms with Crippen molar-refractivity contribution in [2.75, 3.05) is 18.9 Å². The summed E-state index contributed by atoms with van der Waals surface area (Å²) in [5, 5.41) is 7.44. The van der Waals surface area contributed by atoms with Crippen molar-refractivity contribution in [2.45, 2.75) is 26.6 Å². The molecule has 5 nitrogen and oxygen atoms in total. The van der Waals surface area contributed by atoms with Gasteiger partial charge in [0.1, 0.15) is 0 Å². The fourth-order valence-corrected chi connectivity index (χ4v) is 1.90. The third-order valence-corrected chi connectivity index (χ3v) is 3.18. The van der Waals surface area contributed by atoms with Gasteiger partial charge in [0.25, 0.3) is 0 Å². The fraction of sp³-hybridized carbons (Fsp3) is 0.467. The quantitative estimate of drug-likeness (QED) is 0.747. The van der Waals surface area contributed by atoms with Gasteiger partial charge < -0.3 is 16.0 Å². The predicted octanol–water partition coefficient (Wildman–Crippen LogP) is 2.05. The Labute approximate surface area is 132 Å². The van der Waals surface area contributed by atoms with Gasteiger partial charge in [-0.2, -0.15) is 13.2 Å². The monoisotopic (exact) mass is 331 g/mol. The smallest absolute Gasteiger partial charge is 0.359 e. The van der Waals surface area contributed by atoms with E-state index in [1.54, 1.807) is 38.3 Å². The number of hydrogen-bond acceptors (Lipinski definition) is 3. The Bertz CT molecular complexity index is 571. The highest BCUT2D eigenvalue weighted by atomic mass is 19.4. The largest absolute Gasteiger partial charge is 0.471 e. The molecule has 0 spiro atoms. The zero-order chi connectivity index (χ0) is 17.7. The summed E-state index contributed by atoms with van der Waals surface area (Å²) in [6.07, 6.45) is -4.92. The summed E-state index contributed by atoms with van der Waals surface area (Å²) < 4.78 is 36.6. The van der Waals surface area contributed by atoms with Crippen LogP contribution in [0.3, 0.4) is 0 Å². The van der Waals surface area contributed by atoms with Crippen LogP contribution in [0.15, 0.2) is 24.3 Å². The predicted molar refractivity (Wildman–Crippen MR) is 80.7 cm³/mol. The van der Waals surface area contributed by atoms with Gasteiger partial charge in [-0.1, -0.05) is 12.1 Å². The lowest BCUT2D eigenvalue weighted by Gasteiger charge is -2.23. The van der Waals surface area contributed by atoms with Crippen molar-refractivity contribution < 1.29 is 22.8 Å². The number of nitrogens with one attached hydrogen (secondary N) is 3. The molecular formula is C15H20F3N3O2. The molecule has 0 heterocycles. The van der Waals surface area contributed by atoms with Crippen LogP contribution in [0.5, 0.6) is 0 Å². The Balaban J connectivity index is 2.61. The average molecular weight is 331 g/mol. The highest BCUT2D eigenvalue weighted by molar-refractivity contribution is 5.94. The van der Waals surface area contributed by atoms with E-state index < -0.39 is 17.5 Å². The summed E-state index contributed by atoms with van der Waals surface area (Å²) in [6.45, 7) is 4.31. The molecule has 0 radical (unpaired) electrons. The van der Waals surface area contributed by atoms with E-state index in [-0.39, 0.29) is 11.6 Å². The van der Waals surface area contributed by atoms with E-state index >= 15 is 0 Å². The molecule has 2 amide bonds. The van der Waals surface area contributed by atoms with Gasteiger partial charge >= 0.3 is 12.1 Å². The first kappa shape index (κ1) is 19.0. The number of rotatable bonds is 6. The number of amides is 2. The zero-order valence-electron chi connectivity index (χ0n) is 13.2. The van der Waals surface area contributed by atoms with E-state index in [0.717, 1.165) is 0 Å². The third kappa shape index (κ3) is 5.90. The molecule has 0 aliphatic rings.